The van der Waals surface area contributed by atoms with Crippen LogP contribution in [-0.2, 0) is 4.79 Å². The van der Waals surface area contributed by atoms with Crippen molar-refractivity contribution in [3.05, 3.63) is 75.3 Å². The number of carbonyl (C=O) groups is 1. The van der Waals surface area contributed by atoms with Crippen molar-refractivity contribution >= 4 is 46.2 Å². The van der Waals surface area contributed by atoms with Gasteiger partial charge >= 0.3 is 0 Å². The molecule has 3 aromatic rings. The fourth-order valence-electron chi connectivity index (χ4n) is 3.04. The predicted octanol–water partition coefficient (Wildman–Crippen LogP) is 5.58. The molecular weight excluding hydrogens is 467 g/mol. The number of benzene rings is 2. The highest BCUT2D eigenvalue weighted by atomic mass is 35.5. The Bertz CT molecular complexity index is 1310. The first-order valence-corrected chi connectivity index (χ1v) is 10.9. The number of aryl methyl sites for hydroxylation is 2. The van der Waals surface area contributed by atoms with Gasteiger partial charge in [0.2, 0.25) is 11.1 Å². The molecule has 0 radical (unpaired) electrons. The molecule has 0 bridgehead atoms. The first-order valence-electron chi connectivity index (χ1n) is 9.73. The van der Waals surface area contributed by atoms with Gasteiger partial charge in [0.25, 0.3) is 11.8 Å². The number of amidine groups is 1. The fourth-order valence-corrected chi connectivity index (χ4v) is 4.00. The number of carbonyl (C=O) groups excluding carboxylic acids is 1. The lowest BCUT2D eigenvalue weighted by atomic mass is 10.1. The molecule has 168 valence electrons. The zero-order valence-corrected chi connectivity index (χ0v) is 19.4. The van der Waals surface area contributed by atoms with E-state index in [4.69, 9.17) is 21.1 Å². The molecular formula is C23H18ClFN4O3S. The van der Waals surface area contributed by atoms with Gasteiger partial charge in [-0.1, -0.05) is 23.8 Å². The number of methoxy groups -OCH3 is 1. The molecule has 10 heteroatoms. The summed E-state index contributed by atoms with van der Waals surface area (Å²) < 4.78 is 24.9. The monoisotopic (exact) mass is 484 g/mol. The molecule has 0 unspecified atom stereocenters. The molecule has 2 aromatic carbocycles. The van der Waals surface area contributed by atoms with Crippen LogP contribution in [0, 0.1) is 19.7 Å². The summed E-state index contributed by atoms with van der Waals surface area (Å²) in [5.41, 5.74) is 3.58. The standard InChI is InChI=1S/C23H18ClFN4O3S/c1-12-4-6-16(13(2)8-12)27-23-28-20(30)19(33-23)10-14-5-7-17(31-3)18(9-14)32-21-15(25)11-26-22(24)29-21/h4-11H,1-3H3,(H,27,28,30)/b19-10-. The van der Waals surface area contributed by atoms with Crippen LogP contribution in [0.4, 0.5) is 10.1 Å². The summed E-state index contributed by atoms with van der Waals surface area (Å²) in [6.45, 7) is 3.98. The van der Waals surface area contributed by atoms with E-state index in [1.807, 2.05) is 32.0 Å². The second kappa shape index (κ2) is 9.60. The number of hydrogen-bond acceptors (Lipinski definition) is 7. The molecule has 0 aliphatic carbocycles. The number of nitrogens with zero attached hydrogens (tertiary/aromatic N) is 3. The van der Waals surface area contributed by atoms with E-state index in [0.717, 1.165) is 23.0 Å². The average molecular weight is 485 g/mol. The maximum Gasteiger partial charge on any atom is 0.264 e. The molecule has 1 saturated heterocycles. The molecule has 0 spiro atoms. The lowest BCUT2D eigenvalue weighted by molar-refractivity contribution is -0.115. The van der Waals surface area contributed by atoms with Crippen LogP contribution in [0.15, 0.2) is 52.5 Å². The second-order valence-corrected chi connectivity index (χ2v) is 8.44. The molecule has 1 amide bonds. The summed E-state index contributed by atoms with van der Waals surface area (Å²) in [4.78, 5) is 24.8. The van der Waals surface area contributed by atoms with Crippen molar-refractivity contribution in [2.24, 2.45) is 4.99 Å². The van der Waals surface area contributed by atoms with Crippen LogP contribution in [0.3, 0.4) is 0 Å². The Balaban J connectivity index is 1.61. The van der Waals surface area contributed by atoms with Crippen molar-refractivity contribution in [3.8, 4) is 17.4 Å². The lowest BCUT2D eigenvalue weighted by Gasteiger charge is -2.11. The summed E-state index contributed by atoms with van der Waals surface area (Å²) >= 11 is 6.96. The Morgan fingerprint density at radius 1 is 1.18 bits per heavy atom. The van der Waals surface area contributed by atoms with Gasteiger partial charge in [0.1, 0.15) is 0 Å². The van der Waals surface area contributed by atoms with Crippen molar-refractivity contribution in [1.29, 1.82) is 0 Å². The zero-order valence-electron chi connectivity index (χ0n) is 17.8. The molecule has 0 atom stereocenters. The van der Waals surface area contributed by atoms with Crippen molar-refractivity contribution < 1.29 is 18.7 Å². The van der Waals surface area contributed by atoms with Gasteiger partial charge in [-0.25, -0.2) is 9.98 Å². The van der Waals surface area contributed by atoms with E-state index in [-0.39, 0.29) is 22.8 Å². The molecule has 33 heavy (non-hydrogen) atoms. The largest absolute Gasteiger partial charge is 0.493 e. The van der Waals surface area contributed by atoms with Gasteiger partial charge in [0.05, 0.1) is 23.9 Å². The summed E-state index contributed by atoms with van der Waals surface area (Å²) in [5, 5.41) is 3.11. The van der Waals surface area contributed by atoms with Crippen molar-refractivity contribution in [2.45, 2.75) is 13.8 Å². The maximum absolute atomic E-state index is 14.0. The van der Waals surface area contributed by atoms with Crippen LogP contribution < -0.4 is 14.8 Å². The van der Waals surface area contributed by atoms with Crippen molar-refractivity contribution in [1.82, 2.24) is 15.3 Å². The first-order chi connectivity index (χ1) is 15.8. The SMILES string of the molecule is COc1ccc(/C=C2\SC(=Nc3ccc(C)cc3C)NC2=O)cc1Oc1nc(Cl)ncc1F. The highest BCUT2D eigenvalue weighted by Crippen LogP contribution is 2.35. The minimum Gasteiger partial charge on any atom is -0.493 e. The molecule has 7 nitrogen and oxygen atoms in total. The molecule has 1 fully saturated rings. The van der Waals surface area contributed by atoms with E-state index in [2.05, 4.69) is 20.3 Å². The normalized spacial score (nSPS) is 15.7. The van der Waals surface area contributed by atoms with E-state index in [1.165, 1.54) is 18.9 Å². The van der Waals surface area contributed by atoms with Gasteiger partial charge in [-0.15, -0.1) is 0 Å². The fraction of sp³-hybridized carbons (Fsp3) is 0.130. The Hall–Kier alpha value is -3.43. The minimum atomic E-state index is -0.775. The van der Waals surface area contributed by atoms with E-state index in [1.54, 1.807) is 24.3 Å². The van der Waals surface area contributed by atoms with Gasteiger partial charge in [0, 0.05) is 0 Å². The summed E-state index contributed by atoms with van der Waals surface area (Å²) in [7, 11) is 1.46. The number of halogens is 2. The van der Waals surface area contributed by atoms with Crippen molar-refractivity contribution in [3.63, 3.8) is 0 Å². The molecule has 0 saturated carbocycles. The first kappa shape index (κ1) is 22.8. The number of amides is 1. The lowest BCUT2D eigenvalue weighted by Crippen LogP contribution is -2.19. The topological polar surface area (TPSA) is 85.7 Å². The second-order valence-electron chi connectivity index (χ2n) is 7.08. The summed E-state index contributed by atoms with van der Waals surface area (Å²) in [6, 6.07) is 10.9. The van der Waals surface area contributed by atoms with Crippen LogP contribution in [-0.4, -0.2) is 28.2 Å². The molecule has 4 rings (SSSR count). The van der Waals surface area contributed by atoms with E-state index in [9.17, 15) is 9.18 Å². The Labute approximate surface area is 198 Å². The number of hydrogen-bond donors (Lipinski definition) is 1. The van der Waals surface area contributed by atoms with Crippen molar-refractivity contribution in [2.75, 3.05) is 7.11 Å². The predicted molar refractivity (Wildman–Crippen MR) is 127 cm³/mol. The summed E-state index contributed by atoms with van der Waals surface area (Å²) in [6.07, 6.45) is 2.60. The Morgan fingerprint density at radius 2 is 2.00 bits per heavy atom. The zero-order chi connectivity index (χ0) is 23.5. The van der Waals surface area contributed by atoms with E-state index in [0.29, 0.717) is 21.4 Å². The number of ether oxygens (including phenoxy) is 2. The number of aromatic nitrogens is 2. The third-order valence-electron chi connectivity index (χ3n) is 4.60. The molecule has 1 aliphatic heterocycles. The number of nitrogens with one attached hydrogen (secondary N) is 1. The van der Waals surface area contributed by atoms with Gasteiger partial charge in [-0.05, 0) is 72.6 Å². The van der Waals surface area contributed by atoms with Gasteiger partial charge in [-0.3, -0.25) is 4.79 Å². The van der Waals surface area contributed by atoms with Crippen LogP contribution in [0.2, 0.25) is 5.28 Å². The third kappa shape index (κ3) is 5.32. The number of aliphatic imine (C=N–C) groups is 1. The maximum atomic E-state index is 14.0. The van der Waals surface area contributed by atoms with Crippen LogP contribution in [0.1, 0.15) is 16.7 Å². The van der Waals surface area contributed by atoms with Crippen LogP contribution in [0.5, 0.6) is 17.4 Å². The quantitative estimate of drug-likeness (QED) is 0.376. The van der Waals surface area contributed by atoms with Gasteiger partial charge < -0.3 is 14.8 Å². The minimum absolute atomic E-state index is 0.154. The highest BCUT2D eigenvalue weighted by molar-refractivity contribution is 8.18. The Kier molecular flexibility index (Phi) is 6.62. The van der Waals surface area contributed by atoms with Gasteiger partial charge in [-0.2, -0.15) is 9.37 Å². The molecule has 1 N–H and O–H groups in total. The van der Waals surface area contributed by atoms with Crippen LogP contribution >= 0.6 is 23.4 Å². The van der Waals surface area contributed by atoms with Crippen LogP contribution in [0.25, 0.3) is 6.08 Å². The highest BCUT2D eigenvalue weighted by Gasteiger charge is 2.24. The molecule has 1 aromatic heterocycles. The Morgan fingerprint density at radius 3 is 2.76 bits per heavy atom. The van der Waals surface area contributed by atoms with E-state index >= 15 is 0 Å². The number of thioether (sulfide) groups is 1. The average Bonchev–Trinajstić information content (AvgIpc) is 3.11. The van der Waals surface area contributed by atoms with E-state index < -0.39 is 5.82 Å². The molecule has 2 heterocycles. The third-order valence-corrected chi connectivity index (χ3v) is 5.69. The van der Waals surface area contributed by atoms with Gasteiger partial charge in [0.15, 0.2) is 16.7 Å². The summed E-state index contributed by atoms with van der Waals surface area (Å²) in [5.74, 6) is -0.826. The molecule has 1 aliphatic rings. The smallest absolute Gasteiger partial charge is 0.264 e. The number of rotatable bonds is 5.